The maximum Gasteiger partial charge on any atom is 0.330 e. The highest BCUT2D eigenvalue weighted by Gasteiger charge is 2.41. The monoisotopic (exact) mass is 278 g/mol. The highest BCUT2D eigenvalue weighted by molar-refractivity contribution is 6.16. The Morgan fingerprint density at radius 2 is 2.05 bits per heavy atom. The topological polar surface area (TPSA) is 84.3 Å². The number of hydrogen-bond donors (Lipinski definition) is 1. The van der Waals surface area contributed by atoms with E-state index in [1.54, 1.807) is 31.8 Å². The molecule has 1 aliphatic heterocycles. The number of imide groups is 2. The molecular weight excluding hydrogens is 260 g/mol. The first kappa shape index (κ1) is 14.2. The Balaban J connectivity index is 2.07. The number of nitrogens with one attached hydrogen (secondary N) is 1. The molecule has 1 aromatic rings. The molecule has 108 valence electrons. The van der Waals surface area contributed by atoms with Crippen LogP contribution in [-0.2, 0) is 23.1 Å². The van der Waals surface area contributed by atoms with Crippen molar-refractivity contribution >= 4 is 17.8 Å². The molecule has 0 bridgehead atoms. The number of urea groups is 1. The summed E-state index contributed by atoms with van der Waals surface area (Å²) in [5.74, 6) is -1.86. The molecule has 20 heavy (non-hydrogen) atoms. The Morgan fingerprint density at radius 3 is 2.60 bits per heavy atom. The molecule has 4 amide bonds. The molecule has 0 aromatic carbocycles. The van der Waals surface area contributed by atoms with Gasteiger partial charge in [-0.2, -0.15) is 5.10 Å². The average Bonchev–Trinajstić information content (AvgIpc) is 2.73. The summed E-state index contributed by atoms with van der Waals surface area (Å²) in [6.07, 6.45) is 4.04. The van der Waals surface area contributed by atoms with Gasteiger partial charge in [-0.3, -0.25) is 24.5 Å². The number of aryl methyl sites for hydroxylation is 1. The van der Waals surface area contributed by atoms with Crippen LogP contribution in [0.4, 0.5) is 4.79 Å². The third kappa shape index (κ3) is 2.71. The second kappa shape index (κ2) is 5.44. The van der Waals surface area contributed by atoms with Gasteiger partial charge in [0.15, 0.2) is 0 Å². The normalized spacial score (nSPS) is 19.7. The Bertz CT molecular complexity index is 550. The van der Waals surface area contributed by atoms with Crippen molar-refractivity contribution in [3.05, 3.63) is 18.0 Å². The quantitative estimate of drug-likeness (QED) is 0.803. The molecule has 2 heterocycles. The Labute approximate surface area is 116 Å². The van der Waals surface area contributed by atoms with Gasteiger partial charge in [-0.25, -0.2) is 4.79 Å². The second-order valence-corrected chi connectivity index (χ2v) is 5.28. The highest BCUT2D eigenvalue weighted by Crippen LogP contribution is 2.19. The van der Waals surface area contributed by atoms with Gasteiger partial charge in [-0.15, -0.1) is 0 Å². The van der Waals surface area contributed by atoms with Gasteiger partial charge in [0.25, 0.3) is 0 Å². The number of hydrogen-bond acceptors (Lipinski definition) is 4. The zero-order chi connectivity index (χ0) is 14.9. The maximum atomic E-state index is 12.2. The fourth-order valence-corrected chi connectivity index (χ4v) is 2.27. The Kier molecular flexibility index (Phi) is 3.87. The van der Waals surface area contributed by atoms with Crippen molar-refractivity contribution in [1.29, 1.82) is 0 Å². The molecule has 0 spiro atoms. The van der Waals surface area contributed by atoms with Gasteiger partial charge in [0.1, 0.15) is 5.92 Å². The minimum absolute atomic E-state index is 0.142. The standard InChI is InChI=1S/C13H18N4O3/c1-8(2)10-11(18)15-13(20)17(12(10)19)5-4-9-6-14-16(3)7-9/h6-8,10H,4-5H2,1-3H3,(H,15,18,20). The third-order valence-electron chi connectivity index (χ3n) is 3.34. The van der Waals surface area contributed by atoms with Crippen molar-refractivity contribution in [2.75, 3.05) is 6.54 Å². The van der Waals surface area contributed by atoms with E-state index in [2.05, 4.69) is 10.4 Å². The van der Waals surface area contributed by atoms with Crippen molar-refractivity contribution in [3.8, 4) is 0 Å². The summed E-state index contributed by atoms with van der Waals surface area (Å²) in [6.45, 7) is 3.82. The number of amides is 4. The molecule has 1 atom stereocenters. The molecule has 1 unspecified atom stereocenters. The average molecular weight is 278 g/mol. The minimum Gasteiger partial charge on any atom is -0.277 e. The van der Waals surface area contributed by atoms with Gasteiger partial charge in [-0.1, -0.05) is 13.8 Å². The third-order valence-corrected chi connectivity index (χ3v) is 3.34. The van der Waals surface area contributed by atoms with Crippen LogP contribution in [0, 0.1) is 11.8 Å². The molecule has 1 aromatic heterocycles. The predicted molar refractivity (Wildman–Crippen MR) is 70.5 cm³/mol. The molecule has 2 rings (SSSR count). The second-order valence-electron chi connectivity index (χ2n) is 5.28. The first-order valence-electron chi connectivity index (χ1n) is 6.54. The van der Waals surface area contributed by atoms with Crippen LogP contribution in [0.5, 0.6) is 0 Å². The van der Waals surface area contributed by atoms with Gasteiger partial charge < -0.3 is 0 Å². The zero-order valence-corrected chi connectivity index (χ0v) is 11.8. The molecule has 1 aliphatic rings. The lowest BCUT2D eigenvalue weighted by Crippen LogP contribution is -2.59. The smallest absolute Gasteiger partial charge is 0.277 e. The van der Waals surface area contributed by atoms with E-state index in [-0.39, 0.29) is 12.5 Å². The predicted octanol–water partition coefficient (Wildman–Crippen LogP) is 0.313. The summed E-state index contributed by atoms with van der Waals surface area (Å²) in [7, 11) is 1.80. The van der Waals surface area contributed by atoms with E-state index in [1.165, 1.54) is 0 Å². The van der Waals surface area contributed by atoms with Crippen LogP contribution in [0.1, 0.15) is 19.4 Å². The number of rotatable bonds is 4. The van der Waals surface area contributed by atoms with Crippen LogP contribution in [0.2, 0.25) is 0 Å². The van der Waals surface area contributed by atoms with Gasteiger partial charge in [0, 0.05) is 19.8 Å². The molecular formula is C13H18N4O3. The van der Waals surface area contributed by atoms with Crippen LogP contribution >= 0.6 is 0 Å². The van der Waals surface area contributed by atoms with Gasteiger partial charge in [0.05, 0.1) is 6.20 Å². The lowest BCUT2D eigenvalue weighted by Gasteiger charge is -2.31. The summed E-state index contributed by atoms with van der Waals surface area (Å²) in [4.78, 5) is 36.8. The number of carbonyl (C=O) groups is 3. The van der Waals surface area contributed by atoms with E-state index in [4.69, 9.17) is 0 Å². The van der Waals surface area contributed by atoms with Crippen molar-refractivity contribution in [2.24, 2.45) is 18.9 Å². The molecule has 7 nitrogen and oxygen atoms in total. The van der Waals surface area contributed by atoms with Gasteiger partial charge >= 0.3 is 6.03 Å². The lowest BCUT2D eigenvalue weighted by atomic mass is 9.92. The summed E-state index contributed by atoms with van der Waals surface area (Å²) >= 11 is 0. The van der Waals surface area contributed by atoms with Crippen molar-refractivity contribution in [2.45, 2.75) is 20.3 Å². The van der Waals surface area contributed by atoms with Crippen molar-refractivity contribution in [3.63, 3.8) is 0 Å². The SMILES string of the molecule is CC(C)C1C(=O)NC(=O)N(CCc2cnn(C)c2)C1=O. The summed E-state index contributed by atoms with van der Waals surface area (Å²) in [6, 6.07) is -0.638. The van der Waals surface area contributed by atoms with Gasteiger partial charge in [-0.05, 0) is 17.9 Å². The molecule has 0 saturated carbocycles. The highest BCUT2D eigenvalue weighted by atomic mass is 16.2. The Hall–Kier alpha value is -2.18. The molecule has 1 saturated heterocycles. The van der Waals surface area contributed by atoms with E-state index in [9.17, 15) is 14.4 Å². The Morgan fingerprint density at radius 1 is 1.35 bits per heavy atom. The fraction of sp³-hybridized carbons (Fsp3) is 0.538. The molecule has 1 fully saturated rings. The maximum absolute atomic E-state index is 12.2. The number of aromatic nitrogens is 2. The molecule has 0 aliphatic carbocycles. The summed E-state index contributed by atoms with van der Waals surface area (Å²) < 4.78 is 1.66. The van der Waals surface area contributed by atoms with Crippen LogP contribution < -0.4 is 5.32 Å². The molecule has 0 radical (unpaired) electrons. The van der Waals surface area contributed by atoms with Gasteiger partial charge in [0.2, 0.25) is 11.8 Å². The van der Waals surface area contributed by atoms with Crippen LogP contribution in [0.3, 0.4) is 0 Å². The molecule has 1 N–H and O–H groups in total. The number of carbonyl (C=O) groups excluding carboxylic acids is 3. The summed E-state index contributed by atoms with van der Waals surface area (Å²) in [5.41, 5.74) is 0.936. The zero-order valence-electron chi connectivity index (χ0n) is 11.8. The van der Waals surface area contributed by atoms with Crippen LogP contribution in [-0.4, -0.2) is 39.1 Å². The first-order chi connectivity index (χ1) is 9.40. The van der Waals surface area contributed by atoms with E-state index in [0.29, 0.717) is 6.42 Å². The van der Waals surface area contributed by atoms with E-state index < -0.39 is 23.8 Å². The van der Waals surface area contributed by atoms with Crippen molar-refractivity contribution in [1.82, 2.24) is 20.0 Å². The minimum atomic E-state index is -0.790. The van der Waals surface area contributed by atoms with Crippen molar-refractivity contribution < 1.29 is 14.4 Å². The first-order valence-corrected chi connectivity index (χ1v) is 6.54. The fourth-order valence-electron chi connectivity index (χ4n) is 2.27. The van der Waals surface area contributed by atoms with E-state index in [1.807, 2.05) is 6.20 Å². The molecule has 7 heteroatoms. The number of nitrogens with zero attached hydrogens (tertiary/aromatic N) is 3. The number of barbiturate groups is 1. The summed E-state index contributed by atoms with van der Waals surface area (Å²) in [5, 5.41) is 6.27. The van der Waals surface area contributed by atoms with Crippen LogP contribution in [0.25, 0.3) is 0 Å². The van der Waals surface area contributed by atoms with E-state index >= 15 is 0 Å². The van der Waals surface area contributed by atoms with Crippen LogP contribution in [0.15, 0.2) is 12.4 Å². The van der Waals surface area contributed by atoms with E-state index in [0.717, 1.165) is 10.5 Å². The lowest BCUT2D eigenvalue weighted by molar-refractivity contribution is -0.144. The largest absolute Gasteiger partial charge is 0.330 e.